The molecule has 0 bridgehead atoms. The van der Waals surface area contributed by atoms with E-state index in [1.165, 1.54) is 116 Å². The van der Waals surface area contributed by atoms with Crippen molar-refractivity contribution in [2.24, 2.45) is 0 Å². The Morgan fingerprint density at radius 3 is 0.950 bits per heavy atom. The molecule has 0 aliphatic heterocycles. The van der Waals surface area contributed by atoms with Crippen molar-refractivity contribution in [3.8, 4) is 0 Å². The predicted molar refractivity (Wildman–Crippen MR) is 172 cm³/mol. The van der Waals surface area contributed by atoms with E-state index in [4.69, 9.17) is 0 Å². The van der Waals surface area contributed by atoms with Crippen molar-refractivity contribution in [1.29, 1.82) is 0 Å². The molecule has 0 aliphatic rings. The molecule has 0 saturated heterocycles. The number of hydrogen-bond acceptors (Lipinski definition) is 2. The average molecular weight is 557 g/mol. The highest BCUT2D eigenvalue weighted by Gasteiger charge is 2.04. The first kappa shape index (κ1) is 36.2. The van der Waals surface area contributed by atoms with Crippen molar-refractivity contribution in [3.63, 3.8) is 0 Å². The summed E-state index contributed by atoms with van der Waals surface area (Å²) in [7, 11) is 0. The number of unbranched alkanes of at least 4 members (excludes halogenated alkanes) is 20. The predicted octanol–water partition coefficient (Wildman–Crippen LogP) is 10.3. The zero-order valence-corrected chi connectivity index (χ0v) is 26.5. The van der Waals surface area contributed by atoms with E-state index >= 15 is 0 Å². The molecule has 230 valence electrons. The minimum atomic E-state index is 0.148. The van der Waals surface area contributed by atoms with Crippen molar-refractivity contribution in [1.82, 2.24) is 10.6 Å². The molecule has 40 heavy (non-hydrogen) atoms. The summed E-state index contributed by atoms with van der Waals surface area (Å²) in [5.74, 6) is 0.296. The Kier molecular flexibility index (Phi) is 24.7. The fourth-order valence-electron chi connectivity index (χ4n) is 5.25. The van der Waals surface area contributed by atoms with Crippen LogP contribution >= 0.6 is 0 Å². The van der Waals surface area contributed by atoms with E-state index < -0.39 is 0 Å². The Balaban J connectivity index is 1.97. The Morgan fingerprint density at radius 1 is 0.425 bits per heavy atom. The number of carbonyl (C=O) groups excluding carboxylic acids is 2. The van der Waals surface area contributed by atoms with Gasteiger partial charge in [0.1, 0.15) is 0 Å². The fourth-order valence-corrected chi connectivity index (χ4v) is 5.25. The van der Waals surface area contributed by atoms with Gasteiger partial charge in [0.15, 0.2) is 0 Å². The van der Waals surface area contributed by atoms with Gasteiger partial charge in [-0.1, -0.05) is 167 Å². The fraction of sp³-hybridized carbons (Fsp3) is 0.778. The zero-order chi connectivity index (χ0) is 28.9. The van der Waals surface area contributed by atoms with Crippen LogP contribution in [0.4, 0.5) is 0 Å². The third-order valence-electron chi connectivity index (χ3n) is 8.02. The van der Waals surface area contributed by atoms with E-state index in [9.17, 15) is 9.59 Å². The molecule has 1 aromatic carbocycles. The Labute approximate surface area is 248 Å². The summed E-state index contributed by atoms with van der Waals surface area (Å²) in [4.78, 5) is 24.4. The largest absolute Gasteiger partial charge is 0.352 e. The minimum Gasteiger partial charge on any atom is -0.352 e. The number of amides is 2. The lowest BCUT2D eigenvalue weighted by atomic mass is 10.1. The maximum Gasteiger partial charge on any atom is 0.220 e. The van der Waals surface area contributed by atoms with Gasteiger partial charge in [-0.05, 0) is 24.0 Å². The van der Waals surface area contributed by atoms with Crippen LogP contribution in [0.3, 0.4) is 0 Å². The lowest BCUT2D eigenvalue weighted by Gasteiger charge is -2.08. The third-order valence-corrected chi connectivity index (χ3v) is 8.02. The van der Waals surface area contributed by atoms with Gasteiger partial charge < -0.3 is 10.6 Å². The first-order valence-corrected chi connectivity index (χ1v) is 17.3. The molecule has 4 nitrogen and oxygen atoms in total. The lowest BCUT2D eigenvalue weighted by molar-refractivity contribution is -0.122. The minimum absolute atomic E-state index is 0.148. The highest BCUT2D eigenvalue weighted by Crippen LogP contribution is 2.13. The molecule has 0 aromatic heterocycles. The van der Waals surface area contributed by atoms with Crippen molar-refractivity contribution < 1.29 is 9.59 Å². The second-order valence-electron chi connectivity index (χ2n) is 11.9. The SMILES string of the molecule is CCCCCCCCCCCCCC(=O)NCc1ccc(CNC(=O)CCCCCCCCCCCCC)cc1. The topological polar surface area (TPSA) is 58.2 Å². The van der Waals surface area contributed by atoms with Gasteiger partial charge in [0.2, 0.25) is 11.8 Å². The molecular weight excluding hydrogens is 492 g/mol. The molecule has 0 fully saturated rings. The van der Waals surface area contributed by atoms with Crippen LogP contribution in [0, 0.1) is 0 Å². The van der Waals surface area contributed by atoms with E-state index in [-0.39, 0.29) is 11.8 Å². The molecule has 0 aliphatic carbocycles. The highest BCUT2D eigenvalue weighted by molar-refractivity contribution is 5.76. The number of carbonyl (C=O) groups is 2. The third kappa shape index (κ3) is 22.9. The van der Waals surface area contributed by atoms with Crippen molar-refractivity contribution in [3.05, 3.63) is 35.4 Å². The van der Waals surface area contributed by atoms with Gasteiger partial charge >= 0.3 is 0 Å². The summed E-state index contributed by atoms with van der Waals surface area (Å²) in [6.07, 6.45) is 29.8. The summed E-state index contributed by atoms with van der Waals surface area (Å²) in [6.45, 7) is 5.68. The number of hydrogen-bond donors (Lipinski definition) is 2. The molecule has 4 heteroatoms. The second-order valence-corrected chi connectivity index (χ2v) is 11.9. The maximum atomic E-state index is 12.2. The van der Waals surface area contributed by atoms with Crippen LogP contribution in [0.15, 0.2) is 24.3 Å². The van der Waals surface area contributed by atoms with Crippen LogP contribution in [0.5, 0.6) is 0 Å². The monoisotopic (exact) mass is 556 g/mol. The molecule has 0 atom stereocenters. The first-order valence-electron chi connectivity index (χ1n) is 17.3. The average Bonchev–Trinajstić information content (AvgIpc) is 2.97. The smallest absolute Gasteiger partial charge is 0.220 e. The molecular formula is C36H64N2O2. The highest BCUT2D eigenvalue weighted by atomic mass is 16.2. The lowest BCUT2D eigenvalue weighted by Crippen LogP contribution is -2.23. The van der Waals surface area contributed by atoms with E-state index in [1.807, 2.05) is 24.3 Å². The maximum absolute atomic E-state index is 12.2. The van der Waals surface area contributed by atoms with E-state index in [2.05, 4.69) is 24.5 Å². The van der Waals surface area contributed by atoms with Crippen molar-refractivity contribution in [2.75, 3.05) is 0 Å². The molecule has 1 aromatic rings. The van der Waals surface area contributed by atoms with Gasteiger partial charge in [-0.25, -0.2) is 0 Å². The Bertz CT molecular complexity index is 655. The van der Waals surface area contributed by atoms with E-state index in [0.29, 0.717) is 25.9 Å². The standard InChI is InChI=1S/C36H64N2O2/c1-3-5-7-9-11-13-15-17-19-21-23-25-35(39)37-31-33-27-29-34(30-28-33)32-38-36(40)26-24-22-20-18-16-14-12-10-8-6-4-2/h27-30H,3-26,31-32H2,1-2H3,(H,37,39)(H,38,40). The zero-order valence-electron chi connectivity index (χ0n) is 26.5. The normalized spacial score (nSPS) is 11.1. The van der Waals surface area contributed by atoms with Gasteiger partial charge in [0, 0.05) is 25.9 Å². The number of rotatable bonds is 28. The molecule has 2 amide bonds. The van der Waals surface area contributed by atoms with Gasteiger partial charge in [0.25, 0.3) is 0 Å². The van der Waals surface area contributed by atoms with Crippen LogP contribution < -0.4 is 10.6 Å². The van der Waals surface area contributed by atoms with Crippen LogP contribution in [-0.4, -0.2) is 11.8 Å². The molecule has 0 unspecified atom stereocenters. The van der Waals surface area contributed by atoms with E-state index in [0.717, 1.165) is 36.8 Å². The molecule has 0 heterocycles. The second kappa shape index (κ2) is 27.3. The quantitative estimate of drug-likeness (QED) is 0.101. The Morgan fingerprint density at radius 2 is 0.675 bits per heavy atom. The van der Waals surface area contributed by atoms with Crippen LogP contribution in [0.25, 0.3) is 0 Å². The molecule has 0 spiro atoms. The van der Waals surface area contributed by atoms with Crippen molar-refractivity contribution >= 4 is 11.8 Å². The van der Waals surface area contributed by atoms with Gasteiger partial charge in [-0.3, -0.25) is 9.59 Å². The van der Waals surface area contributed by atoms with Gasteiger partial charge in [-0.15, -0.1) is 0 Å². The molecule has 2 N–H and O–H groups in total. The summed E-state index contributed by atoms with van der Waals surface area (Å²) in [5.41, 5.74) is 2.20. The summed E-state index contributed by atoms with van der Waals surface area (Å²) in [6, 6.07) is 8.20. The van der Waals surface area contributed by atoms with Crippen LogP contribution in [0.2, 0.25) is 0 Å². The molecule has 0 saturated carbocycles. The summed E-state index contributed by atoms with van der Waals surface area (Å²) in [5, 5.41) is 6.10. The molecule has 1 rings (SSSR count). The van der Waals surface area contributed by atoms with Crippen molar-refractivity contribution in [2.45, 2.75) is 181 Å². The number of benzene rings is 1. The van der Waals surface area contributed by atoms with E-state index in [1.54, 1.807) is 0 Å². The van der Waals surface area contributed by atoms with Gasteiger partial charge in [-0.2, -0.15) is 0 Å². The first-order chi connectivity index (χ1) is 19.7. The van der Waals surface area contributed by atoms with Crippen LogP contribution in [-0.2, 0) is 22.7 Å². The Hall–Kier alpha value is -1.84. The van der Waals surface area contributed by atoms with Crippen LogP contribution in [0.1, 0.15) is 179 Å². The summed E-state index contributed by atoms with van der Waals surface area (Å²) >= 11 is 0. The number of nitrogens with one attached hydrogen (secondary N) is 2. The summed E-state index contributed by atoms with van der Waals surface area (Å²) < 4.78 is 0. The van der Waals surface area contributed by atoms with Gasteiger partial charge in [0.05, 0.1) is 0 Å². The molecule has 0 radical (unpaired) electrons.